The topological polar surface area (TPSA) is 49.6 Å². The van der Waals surface area contributed by atoms with E-state index in [0.29, 0.717) is 11.7 Å². The van der Waals surface area contributed by atoms with Crippen molar-refractivity contribution in [3.63, 3.8) is 0 Å². The third-order valence-electron chi connectivity index (χ3n) is 6.22. The fraction of sp³-hybridized carbons (Fsp3) is 0.360. The zero-order valence-electron chi connectivity index (χ0n) is 17.8. The minimum Gasteiger partial charge on any atom is -0.459 e. The van der Waals surface area contributed by atoms with E-state index < -0.39 is 0 Å². The van der Waals surface area contributed by atoms with Crippen LogP contribution in [0.1, 0.15) is 34.7 Å². The normalized spacial score (nSPS) is 16.2. The number of furan rings is 1. The SMILES string of the molecule is CN(C(=O)c1ccco1)C(Cc1ccccc1Cl)C1CCN(Cc2ccccn2)CC1. The molecule has 1 amide bonds. The molecule has 1 atom stereocenters. The van der Waals surface area contributed by atoms with Crippen LogP contribution in [0.15, 0.2) is 71.5 Å². The van der Waals surface area contributed by atoms with E-state index in [9.17, 15) is 4.79 Å². The molecule has 2 aromatic heterocycles. The number of hydrogen-bond acceptors (Lipinski definition) is 4. The first-order valence-corrected chi connectivity index (χ1v) is 11.2. The Labute approximate surface area is 188 Å². The molecule has 1 aliphatic heterocycles. The van der Waals surface area contributed by atoms with Gasteiger partial charge in [-0.25, -0.2) is 0 Å². The molecular formula is C25H28ClN3O2. The van der Waals surface area contributed by atoms with Gasteiger partial charge in [-0.2, -0.15) is 0 Å². The Morgan fingerprint density at radius 1 is 1.16 bits per heavy atom. The monoisotopic (exact) mass is 437 g/mol. The summed E-state index contributed by atoms with van der Waals surface area (Å²) in [6.07, 6.45) is 6.17. The van der Waals surface area contributed by atoms with Gasteiger partial charge in [0.2, 0.25) is 0 Å². The molecule has 0 N–H and O–H groups in total. The Balaban J connectivity index is 1.48. The predicted molar refractivity (Wildman–Crippen MR) is 122 cm³/mol. The molecule has 1 saturated heterocycles. The number of hydrogen-bond donors (Lipinski definition) is 0. The Kier molecular flexibility index (Phi) is 7.05. The summed E-state index contributed by atoms with van der Waals surface area (Å²) in [6.45, 7) is 2.84. The molecule has 1 fully saturated rings. The Morgan fingerprint density at radius 3 is 2.61 bits per heavy atom. The first-order valence-electron chi connectivity index (χ1n) is 10.8. The summed E-state index contributed by atoms with van der Waals surface area (Å²) in [7, 11) is 1.88. The lowest BCUT2D eigenvalue weighted by atomic mass is 9.84. The second-order valence-electron chi connectivity index (χ2n) is 8.19. The summed E-state index contributed by atoms with van der Waals surface area (Å²) in [5.41, 5.74) is 2.17. The first kappa shape index (κ1) is 21.6. The lowest BCUT2D eigenvalue weighted by Gasteiger charge is -2.40. The van der Waals surface area contributed by atoms with E-state index in [-0.39, 0.29) is 11.9 Å². The molecule has 1 aromatic carbocycles. The van der Waals surface area contributed by atoms with Gasteiger partial charge in [-0.1, -0.05) is 35.9 Å². The molecule has 0 saturated carbocycles. The maximum atomic E-state index is 13.1. The third kappa shape index (κ3) is 5.35. The van der Waals surface area contributed by atoms with E-state index in [2.05, 4.69) is 22.0 Å². The van der Waals surface area contributed by atoms with Crippen LogP contribution in [-0.2, 0) is 13.0 Å². The summed E-state index contributed by atoms with van der Waals surface area (Å²) in [5, 5.41) is 0.749. The van der Waals surface area contributed by atoms with Gasteiger partial charge in [-0.15, -0.1) is 0 Å². The Bertz CT molecular complexity index is 969. The van der Waals surface area contributed by atoms with E-state index in [1.54, 1.807) is 18.4 Å². The molecule has 3 heterocycles. The quantitative estimate of drug-likeness (QED) is 0.526. The van der Waals surface area contributed by atoms with E-state index in [1.807, 2.05) is 48.5 Å². The Hall–Kier alpha value is -2.63. The number of likely N-dealkylation sites (N-methyl/N-ethyl adjacent to an activating group) is 1. The standard InChI is InChI=1S/C25H28ClN3O2/c1-28(25(30)24-10-6-16-31-24)23(17-20-7-2-3-9-22(20)26)19-11-14-29(15-12-19)18-21-8-4-5-13-27-21/h2-10,13,16,19,23H,11-12,14-15,17-18H2,1H3. The van der Waals surface area contributed by atoms with Crippen molar-refractivity contribution in [2.45, 2.75) is 31.8 Å². The smallest absolute Gasteiger partial charge is 0.289 e. The van der Waals surface area contributed by atoms with Crippen molar-refractivity contribution in [2.75, 3.05) is 20.1 Å². The van der Waals surface area contributed by atoms with Gasteiger partial charge in [0.15, 0.2) is 5.76 Å². The third-order valence-corrected chi connectivity index (χ3v) is 6.59. The van der Waals surface area contributed by atoms with Crippen LogP contribution in [0.25, 0.3) is 0 Å². The highest BCUT2D eigenvalue weighted by Gasteiger charge is 2.33. The fourth-order valence-electron chi connectivity index (χ4n) is 4.45. The number of likely N-dealkylation sites (tertiary alicyclic amines) is 1. The molecule has 0 spiro atoms. The highest BCUT2D eigenvalue weighted by Crippen LogP contribution is 2.29. The molecule has 6 heteroatoms. The largest absolute Gasteiger partial charge is 0.459 e. The zero-order valence-corrected chi connectivity index (χ0v) is 18.5. The van der Waals surface area contributed by atoms with E-state index in [4.69, 9.17) is 16.0 Å². The van der Waals surface area contributed by atoms with Crippen LogP contribution < -0.4 is 0 Å². The molecule has 1 unspecified atom stereocenters. The average molecular weight is 438 g/mol. The average Bonchev–Trinajstić information content (AvgIpc) is 3.34. The van der Waals surface area contributed by atoms with Crippen LogP contribution in [-0.4, -0.2) is 46.9 Å². The van der Waals surface area contributed by atoms with Gasteiger partial charge in [-0.3, -0.25) is 14.7 Å². The van der Waals surface area contributed by atoms with Crippen molar-refractivity contribution < 1.29 is 9.21 Å². The van der Waals surface area contributed by atoms with Gasteiger partial charge >= 0.3 is 0 Å². The van der Waals surface area contributed by atoms with Crippen LogP contribution in [0.5, 0.6) is 0 Å². The molecule has 5 nitrogen and oxygen atoms in total. The predicted octanol–water partition coefficient (Wildman–Crippen LogP) is 4.92. The summed E-state index contributed by atoms with van der Waals surface area (Å²) >= 11 is 6.47. The van der Waals surface area contributed by atoms with E-state index >= 15 is 0 Å². The van der Waals surface area contributed by atoms with Gasteiger partial charge in [0, 0.05) is 30.9 Å². The molecule has 0 bridgehead atoms. The van der Waals surface area contributed by atoms with Crippen LogP contribution >= 0.6 is 11.6 Å². The van der Waals surface area contributed by atoms with E-state index in [0.717, 1.165) is 55.2 Å². The summed E-state index contributed by atoms with van der Waals surface area (Å²) < 4.78 is 5.38. The van der Waals surface area contributed by atoms with Crippen LogP contribution in [0.4, 0.5) is 0 Å². The van der Waals surface area contributed by atoms with Crippen molar-refractivity contribution >= 4 is 17.5 Å². The number of carbonyl (C=O) groups excluding carboxylic acids is 1. The molecule has 0 aliphatic carbocycles. The minimum absolute atomic E-state index is 0.0505. The lowest BCUT2D eigenvalue weighted by molar-refractivity contribution is 0.0555. The molecule has 1 aliphatic rings. The molecule has 3 aromatic rings. The van der Waals surface area contributed by atoms with Crippen molar-refractivity contribution in [2.24, 2.45) is 5.92 Å². The van der Waals surface area contributed by atoms with Gasteiger partial charge < -0.3 is 9.32 Å². The summed E-state index contributed by atoms with van der Waals surface area (Å²) in [6, 6.07) is 17.5. The number of amides is 1. The highest BCUT2D eigenvalue weighted by molar-refractivity contribution is 6.31. The van der Waals surface area contributed by atoms with Crippen LogP contribution in [0.2, 0.25) is 5.02 Å². The summed E-state index contributed by atoms with van der Waals surface area (Å²) in [4.78, 5) is 21.8. The number of piperidine rings is 1. The van der Waals surface area contributed by atoms with Crippen molar-refractivity contribution in [1.29, 1.82) is 0 Å². The number of aromatic nitrogens is 1. The van der Waals surface area contributed by atoms with Crippen molar-refractivity contribution in [1.82, 2.24) is 14.8 Å². The van der Waals surface area contributed by atoms with Gasteiger partial charge in [0.25, 0.3) is 5.91 Å². The molecule has 0 radical (unpaired) electrons. The number of halogens is 1. The molecule has 162 valence electrons. The maximum absolute atomic E-state index is 13.1. The number of nitrogens with zero attached hydrogens (tertiary/aromatic N) is 3. The second kappa shape index (κ2) is 10.1. The number of carbonyl (C=O) groups is 1. The second-order valence-corrected chi connectivity index (χ2v) is 8.60. The van der Waals surface area contributed by atoms with E-state index in [1.165, 1.54) is 0 Å². The fourth-order valence-corrected chi connectivity index (χ4v) is 4.66. The number of rotatable bonds is 7. The van der Waals surface area contributed by atoms with Gasteiger partial charge in [0.05, 0.1) is 12.0 Å². The van der Waals surface area contributed by atoms with Crippen LogP contribution in [0, 0.1) is 5.92 Å². The van der Waals surface area contributed by atoms with Gasteiger partial charge in [0.1, 0.15) is 0 Å². The van der Waals surface area contributed by atoms with Crippen molar-refractivity contribution in [3.05, 3.63) is 89.1 Å². The van der Waals surface area contributed by atoms with Crippen molar-refractivity contribution in [3.8, 4) is 0 Å². The Morgan fingerprint density at radius 2 is 1.94 bits per heavy atom. The lowest BCUT2D eigenvalue weighted by Crippen LogP contribution is -2.47. The number of benzene rings is 1. The minimum atomic E-state index is -0.0852. The van der Waals surface area contributed by atoms with Crippen LogP contribution in [0.3, 0.4) is 0 Å². The molecule has 31 heavy (non-hydrogen) atoms. The maximum Gasteiger partial charge on any atom is 0.289 e. The highest BCUT2D eigenvalue weighted by atomic mass is 35.5. The zero-order chi connectivity index (χ0) is 21.6. The van der Waals surface area contributed by atoms with Gasteiger partial charge in [-0.05, 0) is 74.2 Å². The first-order chi connectivity index (χ1) is 15.1. The molecule has 4 rings (SSSR count). The summed E-state index contributed by atoms with van der Waals surface area (Å²) in [5.74, 6) is 0.678. The molecular weight excluding hydrogens is 410 g/mol. The number of pyridine rings is 1.